The summed E-state index contributed by atoms with van der Waals surface area (Å²) in [6.07, 6.45) is 4.38. The molecule has 1 saturated carbocycles. The number of hydrogen-bond acceptors (Lipinski definition) is 3. The predicted octanol–water partition coefficient (Wildman–Crippen LogP) is 0.219. The Morgan fingerprint density at radius 3 is 2.79 bits per heavy atom. The lowest BCUT2D eigenvalue weighted by Crippen LogP contribution is -2.40. The van der Waals surface area contributed by atoms with Gasteiger partial charge in [-0.05, 0) is 25.3 Å². The van der Waals surface area contributed by atoms with Gasteiger partial charge in [-0.1, -0.05) is 12.5 Å². The van der Waals surface area contributed by atoms with Crippen molar-refractivity contribution in [3.8, 4) is 0 Å². The third-order valence-corrected chi connectivity index (χ3v) is 3.97. The Kier molecular flexibility index (Phi) is 4.10. The van der Waals surface area contributed by atoms with Crippen molar-refractivity contribution in [3.05, 3.63) is 12.7 Å². The van der Waals surface area contributed by atoms with Crippen LogP contribution in [0, 0.1) is 5.92 Å². The topological polar surface area (TPSA) is 72.2 Å². The van der Waals surface area contributed by atoms with Gasteiger partial charge in [-0.3, -0.25) is 0 Å². The minimum Gasteiger partial charge on any atom is -0.330 e. The molecule has 0 aromatic rings. The van der Waals surface area contributed by atoms with Crippen LogP contribution in [-0.4, -0.2) is 26.8 Å². The van der Waals surface area contributed by atoms with Gasteiger partial charge in [-0.15, -0.1) is 6.58 Å². The lowest BCUT2D eigenvalue weighted by molar-refractivity contribution is 0.453. The van der Waals surface area contributed by atoms with Crippen molar-refractivity contribution < 1.29 is 8.42 Å². The van der Waals surface area contributed by atoms with Gasteiger partial charge in [0.05, 0.1) is 5.75 Å². The Morgan fingerprint density at radius 2 is 2.21 bits per heavy atom. The smallest absolute Gasteiger partial charge is 0.215 e. The standard InChI is InChI=1S/C9H18N2O2S/c1-2-6-14(12,13)11-9-5-3-4-8(9)7-10/h2,8-9,11H,1,3-7,10H2. The molecule has 0 heterocycles. The second-order valence-electron chi connectivity index (χ2n) is 3.72. The summed E-state index contributed by atoms with van der Waals surface area (Å²) in [5.41, 5.74) is 5.56. The molecule has 0 saturated heterocycles. The first-order chi connectivity index (χ1) is 6.59. The molecule has 0 amide bonds. The summed E-state index contributed by atoms with van der Waals surface area (Å²) in [6, 6.07) is 0.0324. The molecule has 3 N–H and O–H groups in total. The van der Waals surface area contributed by atoms with E-state index in [1.165, 1.54) is 6.08 Å². The van der Waals surface area contributed by atoms with E-state index in [2.05, 4.69) is 11.3 Å². The SMILES string of the molecule is C=CCS(=O)(=O)NC1CCCC1CN. The fraction of sp³-hybridized carbons (Fsp3) is 0.778. The van der Waals surface area contributed by atoms with Gasteiger partial charge in [-0.2, -0.15) is 0 Å². The highest BCUT2D eigenvalue weighted by Crippen LogP contribution is 2.25. The lowest BCUT2D eigenvalue weighted by atomic mass is 10.1. The van der Waals surface area contributed by atoms with E-state index < -0.39 is 10.0 Å². The first-order valence-corrected chi connectivity index (χ1v) is 6.55. The molecule has 0 radical (unpaired) electrons. The summed E-state index contributed by atoms with van der Waals surface area (Å²) in [7, 11) is -3.18. The van der Waals surface area contributed by atoms with Gasteiger partial charge in [0, 0.05) is 6.04 Å². The highest BCUT2D eigenvalue weighted by atomic mass is 32.2. The summed E-state index contributed by atoms with van der Waals surface area (Å²) in [4.78, 5) is 0. The molecule has 1 aliphatic rings. The Morgan fingerprint density at radius 1 is 1.50 bits per heavy atom. The molecular formula is C9H18N2O2S. The van der Waals surface area contributed by atoms with E-state index in [0.717, 1.165) is 19.3 Å². The average Bonchev–Trinajstić information content (AvgIpc) is 2.50. The number of nitrogens with two attached hydrogens (primary N) is 1. The molecule has 0 bridgehead atoms. The average molecular weight is 218 g/mol. The first-order valence-electron chi connectivity index (χ1n) is 4.90. The molecule has 1 aliphatic carbocycles. The minimum atomic E-state index is -3.18. The van der Waals surface area contributed by atoms with E-state index in [9.17, 15) is 8.42 Å². The van der Waals surface area contributed by atoms with Crippen LogP contribution >= 0.6 is 0 Å². The van der Waals surface area contributed by atoms with Gasteiger partial charge in [-0.25, -0.2) is 13.1 Å². The molecule has 14 heavy (non-hydrogen) atoms. The lowest BCUT2D eigenvalue weighted by Gasteiger charge is -2.18. The van der Waals surface area contributed by atoms with Crippen LogP contribution in [-0.2, 0) is 10.0 Å². The molecular weight excluding hydrogens is 200 g/mol. The van der Waals surface area contributed by atoms with Gasteiger partial charge in [0.1, 0.15) is 0 Å². The van der Waals surface area contributed by atoms with Crippen LogP contribution in [0.5, 0.6) is 0 Å². The third kappa shape index (κ3) is 3.08. The zero-order valence-electron chi connectivity index (χ0n) is 8.28. The number of sulfonamides is 1. The molecule has 5 heteroatoms. The molecule has 0 aliphatic heterocycles. The molecule has 4 nitrogen and oxygen atoms in total. The van der Waals surface area contributed by atoms with Crippen molar-refractivity contribution in [2.45, 2.75) is 25.3 Å². The monoisotopic (exact) mass is 218 g/mol. The normalized spacial score (nSPS) is 27.8. The number of rotatable bonds is 5. The molecule has 2 atom stereocenters. The summed E-state index contributed by atoms with van der Waals surface area (Å²) in [6.45, 7) is 3.97. The van der Waals surface area contributed by atoms with E-state index in [4.69, 9.17) is 5.73 Å². The Hall–Kier alpha value is -0.390. The summed E-state index contributed by atoms with van der Waals surface area (Å²) < 4.78 is 25.5. The summed E-state index contributed by atoms with van der Waals surface area (Å²) in [5, 5.41) is 0. The summed E-state index contributed by atoms with van der Waals surface area (Å²) >= 11 is 0. The zero-order valence-corrected chi connectivity index (χ0v) is 9.09. The second kappa shape index (κ2) is 4.91. The highest BCUT2D eigenvalue weighted by Gasteiger charge is 2.28. The Balaban J connectivity index is 2.55. The molecule has 82 valence electrons. The molecule has 1 rings (SSSR count). The van der Waals surface area contributed by atoms with Crippen molar-refractivity contribution >= 4 is 10.0 Å². The maximum absolute atomic E-state index is 11.4. The number of nitrogens with one attached hydrogen (secondary N) is 1. The number of hydrogen-bond donors (Lipinski definition) is 2. The van der Waals surface area contributed by atoms with Gasteiger partial charge in [0.15, 0.2) is 0 Å². The van der Waals surface area contributed by atoms with Gasteiger partial charge < -0.3 is 5.73 Å². The Labute approximate surface area is 85.6 Å². The van der Waals surface area contributed by atoms with Crippen LogP contribution < -0.4 is 10.5 Å². The molecule has 0 aromatic carbocycles. The van der Waals surface area contributed by atoms with E-state index >= 15 is 0 Å². The van der Waals surface area contributed by atoms with Crippen LogP contribution in [0.15, 0.2) is 12.7 Å². The first kappa shape index (κ1) is 11.7. The highest BCUT2D eigenvalue weighted by molar-refractivity contribution is 7.89. The van der Waals surface area contributed by atoms with E-state index in [0.29, 0.717) is 12.5 Å². The third-order valence-electron chi connectivity index (χ3n) is 2.63. The molecule has 1 fully saturated rings. The van der Waals surface area contributed by atoms with E-state index in [-0.39, 0.29) is 11.8 Å². The zero-order chi connectivity index (χ0) is 10.6. The maximum Gasteiger partial charge on any atom is 0.215 e. The van der Waals surface area contributed by atoms with Crippen molar-refractivity contribution in [2.75, 3.05) is 12.3 Å². The van der Waals surface area contributed by atoms with Crippen LogP contribution in [0.2, 0.25) is 0 Å². The fourth-order valence-corrected chi connectivity index (χ4v) is 3.09. The van der Waals surface area contributed by atoms with Crippen LogP contribution in [0.25, 0.3) is 0 Å². The molecule has 0 spiro atoms. The van der Waals surface area contributed by atoms with Crippen LogP contribution in [0.3, 0.4) is 0 Å². The second-order valence-corrected chi connectivity index (χ2v) is 5.52. The van der Waals surface area contributed by atoms with Gasteiger partial charge >= 0.3 is 0 Å². The quantitative estimate of drug-likeness (QED) is 0.648. The van der Waals surface area contributed by atoms with Crippen LogP contribution in [0.1, 0.15) is 19.3 Å². The van der Waals surface area contributed by atoms with Gasteiger partial charge in [0.2, 0.25) is 10.0 Å². The largest absolute Gasteiger partial charge is 0.330 e. The van der Waals surface area contributed by atoms with Crippen molar-refractivity contribution in [3.63, 3.8) is 0 Å². The Bertz CT molecular complexity index is 287. The van der Waals surface area contributed by atoms with Crippen molar-refractivity contribution in [2.24, 2.45) is 11.7 Å². The van der Waals surface area contributed by atoms with E-state index in [1.54, 1.807) is 0 Å². The van der Waals surface area contributed by atoms with Gasteiger partial charge in [0.25, 0.3) is 0 Å². The fourth-order valence-electron chi connectivity index (χ4n) is 1.91. The van der Waals surface area contributed by atoms with Crippen molar-refractivity contribution in [1.82, 2.24) is 4.72 Å². The predicted molar refractivity (Wildman–Crippen MR) is 57.3 cm³/mol. The molecule has 0 aromatic heterocycles. The van der Waals surface area contributed by atoms with Crippen LogP contribution in [0.4, 0.5) is 0 Å². The maximum atomic E-state index is 11.4. The van der Waals surface area contributed by atoms with Crippen molar-refractivity contribution in [1.29, 1.82) is 0 Å². The minimum absolute atomic E-state index is 0.0131. The van der Waals surface area contributed by atoms with E-state index in [1.807, 2.05) is 0 Å². The summed E-state index contributed by atoms with van der Waals surface area (Å²) in [5.74, 6) is 0.287. The molecule has 2 unspecified atom stereocenters.